The third-order valence-corrected chi connectivity index (χ3v) is 4.01. The highest BCUT2D eigenvalue weighted by Gasteiger charge is 2.31. The van der Waals surface area contributed by atoms with Gasteiger partial charge in [-0.1, -0.05) is 36.9 Å². The van der Waals surface area contributed by atoms with Crippen LogP contribution < -0.4 is 5.32 Å². The van der Waals surface area contributed by atoms with Gasteiger partial charge in [-0.2, -0.15) is 0 Å². The van der Waals surface area contributed by atoms with E-state index >= 15 is 0 Å². The van der Waals surface area contributed by atoms with E-state index in [-0.39, 0.29) is 25.0 Å². The average Bonchev–Trinajstić information content (AvgIpc) is 2.75. The zero-order valence-corrected chi connectivity index (χ0v) is 16.6. The monoisotopic (exact) mass is 407 g/mol. The Bertz CT molecular complexity index is 731. The summed E-state index contributed by atoms with van der Waals surface area (Å²) in [5.74, 6) is -3.09. The maximum absolute atomic E-state index is 12.1. The zero-order valence-electron chi connectivity index (χ0n) is 16.6. The van der Waals surface area contributed by atoms with Gasteiger partial charge in [0.05, 0.1) is 27.2 Å². The molecule has 1 aromatic rings. The number of methoxy groups -OCH3 is 3. The molecule has 0 heterocycles. The molecule has 0 radical (unpaired) electrons. The lowest BCUT2D eigenvalue weighted by Crippen LogP contribution is -2.44. The number of carbonyl (C=O) groups excluding carboxylic acids is 4. The molecule has 0 aliphatic heterocycles. The molecule has 1 amide bonds. The van der Waals surface area contributed by atoms with E-state index in [1.54, 1.807) is 24.3 Å². The van der Waals surface area contributed by atoms with Gasteiger partial charge in [0.2, 0.25) is 0 Å². The van der Waals surface area contributed by atoms with Crippen LogP contribution in [0.25, 0.3) is 0 Å². The molecular formula is C20H25NO8. The van der Waals surface area contributed by atoms with Crippen molar-refractivity contribution >= 4 is 24.0 Å². The fourth-order valence-electron chi connectivity index (χ4n) is 2.50. The number of esters is 3. The number of carbonyl (C=O) groups is 4. The van der Waals surface area contributed by atoms with Gasteiger partial charge in [-0.3, -0.25) is 4.79 Å². The average molecular weight is 407 g/mol. The van der Waals surface area contributed by atoms with Crippen molar-refractivity contribution in [2.75, 3.05) is 21.3 Å². The number of amides is 1. The van der Waals surface area contributed by atoms with E-state index in [1.165, 1.54) is 14.2 Å². The van der Waals surface area contributed by atoms with Gasteiger partial charge >= 0.3 is 24.0 Å². The maximum atomic E-state index is 12.1. The van der Waals surface area contributed by atoms with Gasteiger partial charge in [-0.25, -0.2) is 14.4 Å². The number of alkyl carbamates (subject to hydrolysis) is 1. The second-order valence-electron chi connectivity index (χ2n) is 6.04. The summed E-state index contributed by atoms with van der Waals surface area (Å²) >= 11 is 0. The molecule has 0 aliphatic carbocycles. The summed E-state index contributed by atoms with van der Waals surface area (Å²) in [7, 11) is 3.50. The molecule has 29 heavy (non-hydrogen) atoms. The molecule has 0 aliphatic rings. The Hall–Kier alpha value is -3.36. The van der Waals surface area contributed by atoms with E-state index in [9.17, 15) is 19.2 Å². The number of hydrogen-bond donors (Lipinski definition) is 1. The molecule has 2 atom stereocenters. The van der Waals surface area contributed by atoms with Crippen LogP contribution >= 0.6 is 0 Å². The predicted molar refractivity (Wildman–Crippen MR) is 101 cm³/mol. The molecule has 1 rings (SSSR count). The molecule has 0 fully saturated rings. The molecule has 0 bridgehead atoms. The molecule has 158 valence electrons. The third-order valence-electron chi connectivity index (χ3n) is 4.01. The van der Waals surface area contributed by atoms with Crippen LogP contribution in [0.5, 0.6) is 0 Å². The fraction of sp³-hybridized carbons (Fsp3) is 0.400. The molecule has 0 aromatic heterocycles. The van der Waals surface area contributed by atoms with Gasteiger partial charge < -0.3 is 24.3 Å². The Kier molecular flexibility index (Phi) is 9.94. The highest BCUT2D eigenvalue weighted by atomic mass is 16.6. The van der Waals surface area contributed by atoms with Gasteiger partial charge in [-0.05, 0) is 18.4 Å². The van der Waals surface area contributed by atoms with Gasteiger partial charge in [0.25, 0.3) is 0 Å². The van der Waals surface area contributed by atoms with Crippen LogP contribution in [0.4, 0.5) is 4.79 Å². The predicted octanol–water partition coefficient (Wildman–Crippen LogP) is 1.75. The normalized spacial score (nSPS) is 12.1. The first-order valence-corrected chi connectivity index (χ1v) is 8.71. The van der Waals surface area contributed by atoms with Crippen LogP contribution in [0.15, 0.2) is 42.5 Å². The van der Waals surface area contributed by atoms with E-state index in [4.69, 9.17) is 9.47 Å². The van der Waals surface area contributed by atoms with Gasteiger partial charge in [-0.15, -0.1) is 0 Å². The molecule has 1 N–H and O–H groups in total. The lowest BCUT2D eigenvalue weighted by atomic mass is 9.93. The van der Waals surface area contributed by atoms with E-state index in [0.29, 0.717) is 0 Å². The first kappa shape index (κ1) is 23.7. The molecular weight excluding hydrogens is 382 g/mol. The SMILES string of the molecule is C=C(C[C@@H](C[C@H](NC(=O)OCc1ccccc1)C(=O)OC)C(=O)OC)C(=O)OC. The molecule has 1 aromatic carbocycles. The Labute approximate surface area is 169 Å². The molecule has 0 unspecified atom stereocenters. The highest BCUT2D eigenvalue weighted by Crippen LogP contribution is 2.20. The van der Waals surface area contributed by atoms with Gasteiger partial charge in [0, 0.05) is 5.57 Å². The van der Waals surface area contributed by atoms with Crippen molar-refractivity contribution in [2.45, 2.75) is 25.5 Å². The Morgan fingerprint density at radius 3 is 2.14 bits per heavy atom. The van der Waals surface area contributed by atoms with E-state index in [0.717, 1.165) is 12.7 Å². The van der Waals surface area contributed by atoms with Gasteiger partial charge in [0.1, 0.15) is 12.6 Å². The Balaban J connectivity index is 2.81. The quantitative estimate of drug-likeness (QED) is 0.354. The lowest BCUT2D eigenvalue weighted by molar-refractivity contribution is -0.148. The highest BCUT2D eigenvalue weighted by molar-refractivity contribution is 5.89. The van der Waals surface area contributed by atoms with Crippen molar-refractivity contribution in [2.24, 2.45) is 5.92 Å². The van der Waals surface area contributed by atoms with Crippen LogP contribution in [0.2, 0.25) is 0 Å². The van der Waals surface area contributed by atoms with E-state index in [1.807, 2.05) is 6.07 Å². The van der Waals surface area contributed by atoms with Crippen molar-refractivity contribution < 1.29 is 38.1 Å². The summed E-state index contributed by atoms with van der Waals surface area (Å²) in [5, 5.41) is 2.37. The Morgan fingerprint density at radius 1 is 0.966 bits per heavy atom. The summed E-state index contributed by atoms with van der Waals surface area (Å²) in [6.45, 7) is 3.57. The summed E-state index contributed by atoms with van der Waals surface area (Å²) in [5.41, 5.74) is 0.789. The first-order valence-electron chi connectivity index (χ1n) is 8.71. The summed E-state index contributed by atoms with van der Waals surface area (Å²) in [6, 6.07) is 7.77. The minimum Gasteiger partial charge on any atom is -0.469 e. The molecule has 9 heteroatoms. The van der Waals surface area contributed by atoms with E-state index < -0.39 is 36.0 Å². The van der Waals surface area contributed by atoms with E-state index in [2.05, 4.69) is 21.4 Å². The minimum atomic E-state index is -1.20. The van der Waals surface area contributed by atoms with Gasteiger partial charge in [0.15, 0.2) is 0 Å². The topological polar surface area (TPSA) is 117 Å². The van der Waals surface area contributed by atoms with Crippen LogP contribution in [-0.2, 0) is 39.9 Å². The standard InChI is InChI=1S/C20H25NO8/c1-13(17(22)26-2)10-15(18(23)27-3)11-16(19(24)28-4)21-20(25)29-12-14-8-6-5-7-9-14/h5-9,15-16H,1,10-12H2,2-4H3,(H,21,25)/t15-,16-/m0/s1. The van der Waals surface area contributed by atoms with Crippen LogP contribution in [-0.4, -0.2) is 51.4 Å². The van der Waals surface area contributed by atoms with Crippen molar-refractivity contribution in [1.82, 2.24) is 5.32 Å². The Morgan fingerprint density at radius 2 is 1.59 bits per heavy atom. The number of benzene rings is 1. The zero-order chi connectivity index (χ0) is 21.8. The maximum Gasteiger partial charge on any atom is 0.408 e. The molecule has 0 spiro atoms. The number of nitrogens with one attached hydrogen (secondary N) is 1. The second-order valence-corrected chi connectivity index (χ2v) is 6.04. The van der Waals surface area contributed by atoms with Crippen molar-refractivity contribution in [1.29, 1.82) is 0 Å². The fourth-order valence-corrected chi connectivity index (χ4v) is 2.50. The van der Waals surface area contributed by atoms with Crippen molar-refractivity contribution in [3.63, 3.8) is 0 Å². The number of rotatable bonds is 10. The van der Waals surface area contributed by atoms with Crippen molar-refractivity contribution in [3.8, 4) is 0 Å². The van der Waals surface area contributed by atoms with Crippen LogP contribution in [0.3, 0.4) is 0 Å². The summed E-state index contributed by atoms with van der Waals surface area (Å²) in [4.78, 5) is 47.8. The first-order chi connectivity index (χ1) is 13.8. The minimum absolute atomic E-state index is 0.000142. The van der Waals surface area contributed by atoms with Crippen LogP contribution in [0.1, 0.15) is 18.4 Å². The molecule has 0 saturated heterocycles. The summed E-state index contributed by atoms with van der Waals surface area (Å²) < 4.78 is 19.1. The summed E-state index contributed by atoms with van der Waals surface area (Å²) in [6.07, 6.45) is -1.16. The largest absolute Gasteiger partial charge is 0.469 e. The lowest BCUT2D eigenvalue weighted by Gasteiger charge is -2.21. The molecule has 0 saturated carbocycles. The molecule has 9 nitrogen and oxygen atoms in total. The number of hydrogen-bond acceptors (Lipinski definition) is 8. The smallest absolute Gasteiger partial charge is 0.408 e. The van der Waals surface area contributed by atoms with Crippen LogP contribution in [0, 0.1) is 5.92 Å². The van der Waals surface area contributed by atoms with Crippen molar-refractivity contribution in [3.05, 3.63) is 48.0 Å². The second kappa shape index (κ2) is 12.2. The third kappa shape index (κ3) is 8.04. The number of ether oxygens (including phenoxy) is 4.